The molecule has 0 fully saturated rings. The summed E-state index contributed by atoms with van der Waals surface area (Å²) in [6.07, 6.45) is 10.9. The average Bonchev–Trinajstić information content (AvgIpc) is 2.98. The topological polar surface area (TPSA) is 83.6 Å². The third kappa shape index (κ3) is 9.21. The van der Waals surface area contributed by atoms with Crippen LogP contribution in [0.15, 0.2) is 127 Å². The van der Waals surface area contributed by atoms with Crippen LogP contribution in [0.5, 0.6) is 0 Å². The molecule has 0 saturated carbocycles. The zero-order valence-electron chi connectivity index (χ0n) is 31.3. The lowest BCUT2D eigenvalue weighted by atomic mass is 9.72. The van der Waals surface area contributed by atoms with Crippen molar-refractivity contribution >= 4 is 46.1 Å². The summed E-state index contributed by atoms with van der Waals surface area (Å²) < 4.78 is 0. The van der Waals surface area contributed by atoms with Gasteiger partial charge in [0.1, 0.15) is 0 Å². The highest BCUT2D eigenvalue weighted by Crippen LogP contribution is 2.41. The smallest absolute Gasteiger partial charge is 0.186 e. The standard InChI is InChI=1S/C42H48Cl2N4O2/c1-39(2,3)30-17-25(18-31(37(30)49)40(4,5)6)23-45-47-28-15-13-27(14-16-28)29-21-34(43)35(44)22-36(29)48-46-24-26-19-32(41(7,8)9)38(50)33(20-26)42(10,11)12/h13-24H,1-12H3. The summed E-state index contributed by atoms with van der Waals surface area (Å²) in [5.74, 6) is 0.144. The lowest BCUT2D eigenvalue weighted by Gasteiger charge is -2.31. The Bertz CT molecular complexity index is 1890. The van der Waals surface area contributed by atoms with Crippen LogP contribution in [0.4, 0.5) is 11.4 Å². The molecule has 0 aliphatic heterocycles. The molecule has 4 rings (SSSR count). The van der Waals surface area contributed by atoms with Gasteiger partial charge in [-0.25, -0.2) is 0 Å². The molecule has 2 aliphatic rings. The molecule has 2 aromatic carbocycles. The maximum atomic E-state index is 13.3. The van der Waals surface area contributed by atoms with E-state index in [2.05, 4.69) is 20.5 Å². The first-order chi connectivity index (χ1) is 23.0. The van der Waals surface area contributed by atoms with Crippen molar-refractivity contribution in [2.75, 3.05) is 0 Å². The third-order valence-electron chi connectivity index (χ3n) is 8.42. The summed E-state index contributed by atoms with van der Waals surface area (Å²) in [4.78, 5) is 26.5. The molecule has 2 aromatic rings. The van der Waals surface area contributed by atoms with E-state index in [1.807, 2.05) is 132 Å². The van der Waals surface area contributed by atoms with Gasteiger partial charge in [0.25, 0.3) is 0 Å². The molecule has 0 saturated heterocycles. The van der Waals surface area contributed by atoms with Crippen LogP contribution in [0, 0.1) is 21.7 Å². The number of carbonyl (C=O) groups excluding carboxylic acids is 2. The van der Waals surface area contributed by atoms with Crippen molar-refractivity contribution in [3.05, 3.63) is 117 Å². The number of carbonyl (C=O) groups is 2. The second-order valence-corrected chi connectivity index (χ2v) is 17.7. The Labute approximate surface area is 307 Å². The van der Waals surface area contributed by atoms with E-state index in [-0.39, 0.29) is 33.2 Å². The molecule has 0 unspecified atom stereocenters. The summed E-state index contributed by atoms with van der Waals surface area (Å²) in [7, 11) is 0. The van der Waals surface area contributed by atoms with Gasteiger partial charge in [0.05, 0.1) is 33.8 Å². The molecule has 0 spiro atoms. The fraction of sp³-hybridized carbons (Fsp3) is 0.381. The lowest BCUT2D eigenvalue weighted by molar-refractivity contribution is -0.114. The number of rotatable bonds is 5. The van der Waals surface area contributed by atoms with Crippen molar-refractivity contribution in [3.8, 4) is 11.1 Å². The maximum absolute atomic E-state index is 13.3. The Morgan fingerprint density at radius 2 is 0.880 bits per heavy atom. The Hall–Kier alpha value is -4.00. The number of hydrogen-bond donors (Lipinski definition) is 0. The van der Waals surface area contributed by atoms with E-state index in [9.17, 15) is 9.59 Å². The summed E-state index contributed by atoms with van der Waals surface area (Å²) in [6, 6.07) is 11.0. The van der Waals surface area contributed by atoms with Gasteiger partial charge in [-0.15, -0.1) is 0 Å². The van der Waals surface area contributed by atoms with Gasteiger partial charge in [-0.05, 0) is 86.9 Å². The van der Waals surface area contributed by atoms with Crippen LogP contribution < -0.4 is 0 Å². The van der Waals surface area contributed by atoms with Crippen molar-refractivity contribution < 1.29 is 9.59 Å². The van der Waals surface area contributed by atoms with Crippen molar-refractivity contribution in [3.63, 3.8) is 0 Å². The number of nitrogens with zero attached hydrogens (tertiary/aromatic N) is 4. The zero-order chi connectivity index (χ0) is 37.4. The van der Waals surface area contributed by atoms with Crippen molar-refractivity contribution in [1.29, 1.82) is 0 Å². The minimum absolute atomic E-state index is 0.0639. The van der Waals surface area contributed by atoms with Crippen LogP contribution in [-0.2, 0) is 9.59 Å². The predicted molar refractivity (Wildman–Crippen MR) is 207 cm³/mol. The van der Waals surface area contributed by atoms with E-state index < -0.39 is 0 Å². The van der Waals surface area contributed by atoms with Gasteiger partial charge in [0, 0.05) is 27.9 Å². The average molecular weight is 712 g/mol. The summed E-state index contributed by atoms with van der Waals surface area (Å²) in [6.45, 7) is 24.5. The summed E-state index contributed by atoms with van der Waals surface area (Å²) >= 11 is 12.9. The molecule has 0 bridgehead atoms. The van der Waals surface area contributed by atoms with Crippen LogP contribution in [-0.4, -0.2) is 11.6 Å². The van der Waals surface area contributed by atoms with Crippen LogP contribution in [0.1, 0.15) is 83.1 Å². The highest BCUT2D eigenvalue weighted by Gasteiger charge is 2.35. The minimum atomic E-state index is -0.326. The molecule has 262 valence electrons. The van der Waals surface area contributed by atoms with Crippen molar-refractivity contribution in [2.24, 2.45) is 42.1 Å². The second kappa shape index (κ2) is 14.3. The maximum Gasteiger partial charge on any atom is 0.186 e. The number of hydrogen-bond acceptors (Lipinski definition) is 6. The molecule has 0 amide bonds. The second-order valence-electron chi connectivity index (χ2n) is 16.9. The first-order valence-electron chi connectivity index (χ1n) is 16.8. The first-order valence-corrected chi connectivity index (χ1v) is 17.5. The summed E-state index contributed by atoms with van der Waals surface area (Å²) in [5, 5.41) is 18.5. The Morgan fingerprint density at radius 1 is 0.520 bits per heavy atom. The van der Waals surface area contributed by atoms with E-state index in [0.29, 0.717) is 21.4 Å². The normalized spacial score (nSPS) is 16.5. The fourth-order valence-corrected chi connectivity index (χ4v) is 5.88. The van der Waals surface area contributed by atoms with Gasteiger partial charge < -0.3 is 0 Å². The SMILES string of the molecule is CC(C)(C)C1=CC(=CN=Nc2ccc(-c3cc(Cl)c(Cl)cc3N=NC=C3C=C(C(C)(C)C)C(=O)C(C(C)(C)C)=C3)cc2)C=C(C(C)(C)C)C1=O. The van der Waals surface area contributed by atoms with Gasteiger partial charge in [-0.1, -0.05) is 118 Å². The van der Waals surface area contributed by atoms with Crippen molar-refractivity contribution in [2.45, 2.75) is 83.1 Å². The minimum Gasteiger partial charge on any atom is -0.289 e. The quantitative estimate of drug-likeness (QED) is 0.289. The lowest BCUT2D eigenvalue weighted by Crippen LogP contribution is -2.27. The Balaban J connectivity index is 1.64. The Morgan fingerprint density at radius 3 is 1.26 bits per heavy atom. The van der Waals surface area contributed by atoms with E-state index in [1.165, 1.54) is 0 Å². The number of Topliss-reactive ketones (excluding diaryl/α,β-unsaturated/α-hetero) is 2. The first kappa shape index (κ1) is 38.8. The Kier molecular flexibility index (Phi) is 11.1. The molecule has 0 N–H and O–H groups in total. The molecular weight excluding hydrogens is 663 g/mol. The summed E-state index contributed by atoms with van der Waals surface area (Å²) in [5.41, 5.74) is 6.14. The van der Waals surface area contributed by atoms with E-state index in [4.69, 9.17) is 23.2 Å². The molecule has 6 nitrogen and oxygen atoms in total. The number of benzene rings is 2. The number of azo groups is 2. The molecule has 0 heterocycles. The highest BCUT2D eigenvalue weighted by atomic mass is 35.5. The molecule has 0 aromatic heterocycles. The van der Waals surface area contributed by atoms with E-state index in [1.54, 1.807) is 24.5 Å². The van der Waals surface area contributed by atoms with Crippen molar-refractivity contribution in [1.82, 2.24) is 0 Å². The third-order valence-corrected chi connectivity index (χ3v) is 9.15. The monoisotopic (exact) mass is 710 g/mol. The number of allylic oxidation sites excluding steroid dienone is 10. The highest BCUT2D eigenvalue weighted by molar-refractivity contribution is 6.42. The molecule has 2 aliphatic carbocycles. The predicted octanol–water partition coefficient (Wildman–Crippen LogP) is 13.7. The van der Waals surface area contributed by atoms with Gasteiger partial charge in [-0.3, -0.25) is 9.59 Å². The van der Waals surface area contributed by atoms with Gasteiger partial charge in [0.15, 0.2) is 11.6 Å². The van der Waals surface area contributed by atoms with Gasteiger partial charge in [-0.2, -0.15) is 20.5 Å². The molecule has 50 heavy (non-hydrogen) atoms. The van der Waals surface area contributed by atoms with Gasteiger partial charge >= 0.3 is 0 Å². The number of ketones is 2. The zero-order valence-corrected chi connectivity index (χ0v) is 32.8. The van der Waals surface area contributed by atoms with E-state index >= 15 is 0 Å². The molecule has 0 atom stereocenters. The van der Waals surface area contributed by atoms with Crippen LogP contribution in [0.2, 0.25) is 10.0 Å². The number of halogens is 2. The van der Waals surface area contributed by atoms with Crippen LogP contribution >= 0.6 is 23.2 Å². The molecule has 0 radical (unpaired) electrons. The molecule has 8 heteroatoms. The van der Waals surface area contributed by atoms with Crippen LogP contribution in [0.3, 0.4) is 0 Å². The van der Waals surface area contributed by atoms with Gasteiger partial charge in [0.2, 0.25) is 0 Å². The van der Waals surface area contributed by atoms with Crippen LogP contribution in [0.25, 0.3) is 11.1 Å². The fourth-order valence-electron chi connectivity index (χ4n) is 5.56. The largest absolute Gasteiger partial charge is 0.289 e. The molecular formula is C42H48Cl2N4O2. The van der Waals surface area contributed by atoms with E-state index in [0.717, 1.165) is 44.6 Å².